The van der Waals surface area contributed by atoms with Gasteiger partial charge in [0.05, 0.1) is 5.75 Å². The van der Waals surface area contributed by atoms with Crippen LogP contribution in [-0.4, -0.2) is 30.6 Å². The first kappa shape index (κ1) is 22.9. The number of amides is 1. The average molecular weight is 499 g/mol. The van der Waals surface area contributed by atoms with Crippen molar-refractivity contribution in [3.63, 3.8) is 0 Å². The van der Waals surface area contributed by atoms with E-state index in [1.165, 1.54) is 28.7 Å². The number of hydrogen-bond acceptors (Lipinski definition) is 7. The summed E-state index contributed by atoms with van der Waals surface area (Å²) in [6, 6.07) is 19.8. The third-order valence-electron chi connectivity index (χ3n) is 5.26. The van der Waals surface area contributed by atoms with Gasteiger partial charge in [-0.2, -0.15) is 0 Å². The maximum atomic E-state index is 12.6. The minimum absolute atomic E-state index is 0.219. The Bertz CT molecular complexity index is 1440. The Morgan fingerprint density at radius 3 is 2.46 bits per heavy atom. The number of rotatable bonds is 7. The molecule has 0 bridgehead atoms. The highest BCUT2D eigenvalue weighted by atomic mass is 32.2. The summed E-state index contributed by atoms with van der Waals surface area (Å²) < 4.78 is 2.03. The van der Waals surface area contributed by atoms with Crippen LogP contribution in [0.1, 0.15) is 26.6 Å². The molecule has 0 radical (unpaired) electrons. The Labute approximate surface area is 211 Å². The quantitative estimate of drug-likeness (QED) is 0.279. The Kier molecular flexibility index (Phi) is 6.69. The van der Waals surface area contributed by atoms with E-state index in [-0.39, 0.29) is 5.91 Å². The van der Waals surface area contributed by atoms with Gasteiger partial charge in [0.2, 0.25) is 0 Å². The third-order valence-corrected chi connectivity index (χ3v) is 7.24. The van der Waals surface area contributed by atoms with Gasteiger partial charge in [-0.25, -0.2) is 4.98 Å². The molecule has 0 spiro atoms. The van der Waals surface area contributed by atoms with Crippen LogP contribution in [0.4, 0.5) is 5.69 Å². The standard InChI is InChI=1S/C26H22N6OS2/c1-17-5-9-20(10-6-17)28-25(33)22-15-34-23(29-22)16-35-26-31-30-24(19-4-3-13-27-14-19)32(26)21-11-7-18(2)8-12-21/h3-15H,16H2,1-2H3,(H,28,33). The number of hydrogen-bond donors (Lipinski definition) is 1. The Morgan fingerprint density at radius 1 is 1.00 bits per heavy atom. The number of benzene rings is 2. The number of anilines is 1. The van der Waals surface area contributed by atoms with Gasteiger partial charge in [0.15, 0.2) is 11.0 Å². The normalized spacial score (nSPS) is 10.9. The van der Waals surface area contributed by atoms with Crippen LogP contribution in [0.5, 0.6) is 0 Å². The van der Waals surface area contributed by atoms with Crippen molar-refractivity contribution in [3.8, 4) is 17.1 Å². The van der Waals surface area contributed by atoms with Gasteiger partial charge >= 0.3 is 0 Å². The lowest BCUT2D eigenvalue weighted by Gasteiger charge is -2.10. The van der Waals surface area contributed by atoms with E-state index in [0.29, 0.717) is 11.4 Å². The molecule has 3 heterocycles. The molecule has 2 aromatic carbocycles. The van der Waals surface area contributed by atoms with Crippen LogP contribution in [0, 0.1) is 13.8 Å². The summed E-state index contributed by atoms with van der Waals surface area (Å²) >= 11 is 2.99. The second-order valence-electron chi connectivity index (χ2n) is 7.95. The molecule has 0 aliphatic heterocycles. The molecule has 0 aliphatic rings. The molecule has 3 aromatic heterocycles. The first-order valence-electron chi connectivity index (χ1n) is 10.9. The molecule has 0 atom stereocenters. The van der Waals surface area contributed by atoms with Crippen molar-refractivity contribution in [2.75, 3.05) is 5.32 Å². The second-order valence-corrected chi connectivity index (χ2v) is 9.84. The molecule has 174 valence electrons. The molecule has 0 aliphatic carbocycles. The number of pyridine rings is 1. The van der Waals surface area contributed by atoms with E-state index in [0.717, 1.165) is 38.5 Å². The summed E-state index contributed by atoms with van der Waals surface area (Å²) in [5, 5.41) is 15.2. The van der Waals surface area contributed by atoms with E-state index < -0.39 is 0 Å². The largest absolute Gasteiger partial charge is 0.321 e. The molecule has 0 saturated carbocycles. The van der Waals surface area contributed by atoms with Crippen LogP contribution < -0.4 is 5.32 Å². The van der Waals surface area contributed by atoms with Crippen LogP contribution in [0.15, 0.2) is 83.6 Å². The van der Waals surface area contributed by atoms with Crippen LogP contribution >= 0.6 is 23.1 Å². The number of aromatic nitrogens is 5. The van der Waals surface area contributed by atoms with Gasteiger partial charge in [0.25, 0.3) is 5.91 Å². The predicted molar refractivity (Wildman–Crippen MR) is 140 cm³/mol. The molecule has 0 unspecified atom stereocenters. The molecule has 0 fully saturated rings. The highest BCUT2D eigenvalue weighted by Gasteiger charge is 2.18. The minimum atomic E-state index is -0.219. The topological polar surface area (TPSA) is 85.6 Å². The fourth-order valence-corrected chi connectivity index (χ4v) is 5.16. The third kappa shape index (κ3) is 5.31. The lowest BCUT2D eigenvalue weighted by Crippen LogP contribution is -2.12. The van der Waals surface area contributed by atoms with Gasteiger partial charge in [-0.1, -0.05) is 47.2 Å². The molecule has 7 nitrogen and oxygen atoms in total. The average Bonchev–Trinajstić information content (AvgIpc) is 3.53. The van der Waals surface area contributed by atoms with E-state index in [1.54, 1.807) is 17.8 Å². The molecule has 5 rings (SSSR count). The number of thioether (sulfide) groups is 1. The summed E-state index contributed by atoms with van der Waals surface area (Å²) in [5.74, 6) is 1.07. The van der Waals surface area contributed by atoms with Gasteiger partial charge in [0.1, 0.15) is 10.7 Å². The summed E-state index contributed by atoms with van der Waals surface area (Å²) in [7, 11) is 0. The highest BCUT2D eigenvalue weighted by Crippen LogP contribution is 2.30. The van der Waals surface area contributed by atoms with Gasteiger partial charge in [-0.05, 0) is 50.2 Å². The van der Waals surface area contributed by atoms with Gasteiger partial charge in [-0.15, -0.1) is 21.5 Å². The molecule has 35 heavy (non-hydrogen) atoms. The van der Waals surface area contributed by atoms with Gasteiger partial charge < -0.3 is 5.32 Å². The highest BCUT2D eigenvalue weighted by molar-refractivity contribution is 7.98. The van der Waals surface area contributed by atoms with E-state index >= 15 is 0 Å². The minimum Gasteiger partial charge on any atom is -0.321 e. The maximum Gasteiger partial charge on any atom is 0.275 e. The van der Waals surface area contributed by atoms with Crippen LogP contribution in [-0.2, 0) is 5.75 Å². The van der Waals surface area contributed by atoms with Crippen molar-refractivity contribution in [2.45, 2.75) is 24.8 Å². The molecule has 1 amide bonds. The molecular formula is C26H22N6OS2. The van der Waals surface area contributed by atoms with Crippen molar-refractivity contribution < 1.29 is 4.79 Å². The van der Waals surface area contributed by atoms with Crippen molar-refractivity contribution >= 4 is 34.7 Å². The number of nitrogens with zero attached hydrogens (tertiary/aromatic N) is 5. The number of thiazole rings is 1. The SMILES string of the molecule is Cc1ccc(NC(=O)c2csc(CSc3nnc(-c4cccnc4)n3-c3ccc(C)cc3)n2)cc1. The smallest absolute Gasteiger partial charge is 0.275 e. The van der Waals surface area contributed by atoms with E-state index in [4.69, 9.17) is 0 Å². The lowest BCUT2D eigenvalue weighted by atomic mass is 10.2. The lowest BCUT2D eigenvalue weighted by molar-refractivity contribution is 0.102. The van der Waals surface area contributed by atoms with Crippen LogP contribution in [0.25, 0.3) is 17.1 Å². The molecular weight excluding hydrogens is 476 g/mol. The number of carbonyl (C=O) groups is 1. The molecule has 5 aromatic rings. The zero-order valence-electron chi connectivity index (χ0n) is 19.2. The monoisotopic (exact) mass is 498 g/mol. The maximum absolute atomic E-state index is 12.6. The van der Waals surface area contributed by atoms with E-state index in [2.05, 4.69) is 56.7 Å². The van der Waals surface area contributed by atoms with Crippen molar-refractivity contribution in [2.24, 2.45) is 0 Å². The van der Waals surface area contributed by atoms with Crippen molar-refractivity contribution in [1.82, 2.24) is 24.7 Å². The Morgan fingerprint density at radius 2 is 1.74 bits per heavy atom. The number of carbonyl (C=O) groups excluding carboxylic acids is 1. The summed E-state index contributed by atoms with van der Waals surface area (Å²) in [5.41, 5.74) is 5.33. The first-order chi connectivity index (χ1) is 17.1. The molecule has 0 saturated heterocycles. The summed E-state index contributed by atoms with van der Waals surface area (Å²) in [4.78, 5) is 21.4. The summed E-state index contributed by atoms with van der Waals surface area (Å²) in [6.45, 7) is 4.07. The zero-order chi connectivity index (χ0) is 24.2. The summed E-state index contributed by atoms with van der Waals surface area (Å²) in [6.07, 6.45) is 3.52. The molecule has 9 heteroatoms. The van der Waals surface area contributed by atoms with Gasteiger partial charge in [-0.3, -0.25) is 14.3 Å². The van der Waals surface area contributed by atoms with Crippen LogP contribution in [0.2, 0.25) is 0 Å². The van der Waals surface area contributed by atoms with Crippen molar-refractivity contribution in [3.05, 3.63) is 100 Å². The van der Waals surface area contributed by atoms with E-state index in [1.807, 2.05) is 47.9 Å². The first-order valence-corrected chi connectivity index (χ1v) is 12.8. The Hall–Kier alpha value is -3.82. The second kappa shape index (κ2) is 10.2. The van der Waals surface area contributed by atoms with Crippen LogP contribution in [0.3, 0.4) is 0 Å². The van der Waals surface area contributed by atoms with Gasteiger partial charge in [0, 0.05) is 34.7 Å². The molecule has 1 N–H and O–H groups in total. The number of aryl methyl sites for hydroxylation is 2. The van der Waals surface area contributed by atoms with E-state index in [9.17, 15) is 4.79 Å². The fraction of sp³-hybridized carbons (Fsp3) is 0.115. The predicted octanol–water partition coefficient (Wildman–Crippen LogP) is 5.95. The number of nitrogens with one attached hydrogen (secondary N) is 1. The zero-order valence-corrected chi connectivity index (χ0v) is 20.8. The van der Waals surface area contributed by atoms with Crippen molar-refractivity contribution in [1.29, 1.82) is 0 Å². The Balaban J connectivity index is 1.35. The fourth-order valence-electron chi connectivity index (χ4n) is 3.41.